The number of aromatic nitrogens is 2. The van der Waals surface area contributed by atoms with Crippen molar-refractivity contribution in [2.45, 2.75) is 25.8 Å². The molecule has 0 saturated carbocycles. The monoisotopic (exact) mass is 361 g/mol. The normalized spacial score (nSPS) is 12.0. The molecule has 2 aromatic carbocycles. The molecule has 1 atom stereocenters. The minimum atomic E-state index is -0.530. The zero-order valence-electron chi connectivity index (χ0n) is 15.7. The molecule has 1 amide bonds. The van der Waals surface area contributed by atoms with Crippen LogP contribution in [0.15, 0.2) is 71.7 Å². The van der Waals surface area contributed by atoms with Gasteiger partial charge in [-0.1, -0.05) is 62.4 Å². The summed E-state index contributed by atoms with van der Waals surface area (Å²) >= 11 is 0. The molecule has 1 N–H and O–H groups in total. The van der Waals surface area contributed by atoms with Gasteiger partial charge in [0.15, 0.2) is 0 Å². The van der Waals surface area contributed by atoms with Crippen molar-refractivity contribution in [1.82, 2.24) is 14.9 Å². The smallest absolute Gasteiger partial charge is 0.256 e. The highest BCUT2D eigenvalue weighted by Crippen LogP contribution is 2.21. The fourth-order valence-corrected chi connectivity index (χ4v) is 2.99. The second-order valence-corrected chi connectivity index (χ2v) is 6.77. The summed E-state index contributed by atoms with van der Waals surface area (Å²) in [6.45, 7) is 3.92. The van der Waals surface area contributed by atoms with Crippen LogP contribution >= 0.6 is 0 Å². The maximum atomic E-state index is 12.7. The third kappa shape index (κ3) is 3.97. The van der Waals surface area contributed by atoms with E-state index in [1.807, 2.05) is 62.4 Å². The van der Waals surface area contributed by atoms with Gasteiger partial charge in [0.25, 0.3) is 11.5 Å². The number of amides is 1. The number of carbonyl (C=O) groups excluding carboxylic acids is 1. The zero-order chi connectivity index (χ0) is 19.4. The van der Waals surface area contributed by atoms with Crippen molar-refractivity contribution in [3.05, 3.63) is 99.7 Å². The Morgan fingerprint density at radius 1 is 1.00 bits per heavy atom. The van der Waals surface area contributed by atoms with Gasteiger partial charge in [-0.2, -0.15) is 0 Å². The molecule has 0 aliphatic carbocycles. The highest BCUT2D eigenvalue weighted by molar-refractivity contribution is 5.94. The molecule has 27 heavy (non-hydrogen) atoms. The van der Waals surface area contributed by atoms with E-state index in [2.05, 4.69) is 10.3 Å². The van der Waals surface area contributed by atoms with E-state index in [1.54, 1.807) is 25.4 Å². The average Bonchev–Trinajstić information content (AvgIpc) is 2.69. The van der Waals surface area contributed by atoms with Crippen molar-refractivity contribution in [2.75, 3.05) is 0 Å². The van der Waals surface area contributed by atoms with Crippen molar-refractivity contribution in [3.63, 3.8) is 0 Å². The number of rotatable bonds is 5. The summed E-state index contributed by atoms with van der Waals surface area (Å²) in [6.07, 6.45) is 1.62. The Labute approximate surface area is 158 Å². The van der Waals surface area contributed by atoms with Gasteiger partial charge in [0.05, 0.1) is 0 Å². The number of benzene rings is 2. The van der Waals surface area contributed by atoms with E-state index >= 15 is 0 Å². The summed E-state index contributed by atoms with van der Waals surface area (Å²) in [5.41, 5.74) is 1.98. The summed E-state index contributed by atoms with van der Waals surface area (Å²) in [7, 11) is 1.70. The predicted octanol–water partition coefficient (Wildman–Crippen LogP) is 3.42. The quantitative estimate of drug-likeness (QED) is 0.757. The van der Waals surface area contributed by atoms with Crippen molar-refractivity contribution in [1.29, 1.82) is 0 Å². The van der Waals surface area contributed by atoms with Gasteiger partial charge in [-0.3, -0.25) is 14.2 Å². The number of hydrogen-bond acceptors (Lipinski definition) is 3. The van der Waals surface area contributed by atoms with Crippen LogP contribution in [0.2, 0.25) is 0 Å². The third-order valence-electron chi connectivity index (χ3n) is 4.56. The van der Waals surface area contributed by atoms with Gasteiger partial charge < -0.3 is 5.32 Å². The Balaban J connectivity index is 2.05. The first kappa shape index (κ1) is 18.6. The second kappa shape index (κ2) is 7.99. The molecular formula is C22H23N3O2. The molecule has 0 spiro atoms. The lowest BCUT2D eigenvalue weighted by atomic mass is 10.0. The topological polar surface area (TPSA) is 64.0 Å². The molecule has 0 bridgehead atoms. The SMILES string of the molecule is CC(C)c1cnc([C@@H](NC(=O)c2ccccc2)c2ccccc2)n(C)c1=O. The number of carbonyl (C=O) groups is 1. The van der Waals surface area contributed by atoms with Gasteiger partial charge in [-0.15, -0.1) is 0 Å². The third-order valence-corrected chi connectivity index (χ3v) is 4.56. The zero-order valence-corrected chi connectivity index (χ0v) is 15.7. The second-order valence-electron chi connectivity index (χ2n) is 6.77. The van der Waals surface area contributed by atoms with Crippen molar-refractivity contribution in [3.8, 4) is 0 Å². The molecule has 5 nitrogen and oxygen atoms in total. The number of hydrogen-bond donors (Lipinski definition) is 1. The fourth-order valence-electron chi connectivity index (χ4n) is 2.99. The van der Waals surface area contributed by atoms with Crippen LogP contribution in [0.1, 0.15) is 53.1 Å². The van der Waals surface area contributed by atoms with Crippen LogP contribution in [0.4, 0.5) is 0 Å². The molecule has 1 heterocycles. The van der Waals surface area contributed by atoms with Gasteiger partial charge in [0, 0.05) is 24.4 Å². The molecule has 0 aliphatic rings. The van der Waals surface area contributed by atoms with Gasteiger partial charge in [0.1, 0.15) is 11.9 Å². The van der Waals surface area contributed by atoms with Gasteiger partial charge in [-0.05, 0) is 23.6 Å². The number of nitrogens with zero attached hydrogens (tertiary/aromatic N) is 2. The fraction of sp³-hybridized carbons (Fsp3) is 0.227. The number of nitrogens with one attached hydrogen (secondary N) is 1. The van der Waals surface area contributed by atoms with Crippen molar-refractivity contribution >= 4 is 5.91 Å². The Morgan fingerprint density at radius 2 is 1.59 bits per heavy atom. The van der Waals surface area contributed by atoms with E-state index in [0.29, 0.717) is 17.0 Å². The molecule has 0 saturated heterocycles. The molecule has 0 radical (unpaired) electrons. The van der Waals surface area contributed by atoms with Crippen LogP contribution in [0.3, 0.4) is 0 Å². The van der Waals surface area contributed by atoms with E-state index in [4.69, 9.17) is 0 Å². The predicted molar refractivity (Wildman–Crippen MR) is 106 cm³/mol. The van der Waals surface area contributed by atoms with E-state index in [0.717, 1.165) is 5.56 Å². The van der Waals surface area contributed by atoms with Crippen LogP contribution in [0.25, 0.3) is 0 Å². The van der Waals surface area contributed by atoms with Gasteiger partial charge in [-0.25, -0.2) is 4.98 Å². The van der Waals surface area contributed by atoms with E-state index in [-0.39, 0.29) is 17.4 Å². The molecular weight excluding hydrogens is 338 g/mol. The summed E-state index contributed by atoms with van der Waals surface area (Å²) < 4.78 is 1.53. The Hall–Kier alpha value is -3.21. The summed E-state index contributed by atoms with van der Waals surface area (Å²) in [5, 5.41) is 3.02. The van der Waals surface area contributed by atoms with Gasteiger partial charge in [0.2, 0.25) is 0 Å². The highest BCUT2D eigenvalue weighted by atomic mass is 16.2. The molecule has 1 aromatic heterocycles. The molecule has 0 fully saturated rings. The van der Waals surface area contributed by atoms with E-state index < -0.39 is 6.04 Å². The molecule has 5 heteroatoms. The largest absolute Gasteiger partial charge is 0.338 e. The minimum absolute atomic E-state index is 0.0827. The minimum Gasteiger partial charge on any atom is -0.338 e. The molecule has 138 valence electrons. The Bertz CT molecular complexity index is 979. The van der Waals surface area contributed by atoms with Crippen LogP contribution in [0, 0.1) is 0 Å². The highest BCUT2D eigenvalue weighted by Gasteiger charge is 2.23. The lowest BCUT2D eigenvalue weighted by molar-refractivity contribution is 0.0941. The Morgan fingerprint density at radius 3 is 2.19 bits per heavy atom. The average molecular weight is 361 g/mol. The van der Waals surface area contributed by atoms with Crippen LogP contribution in [0.5, 0.6) is 0 Å². The maximum absolute atomic E-state index is 12.7. The molecule has 3 aromatic rings. The molecule has 3 rings (SSSR count). The van der Waals surface area contributed by atoms with Crippen molar-refractivity contribution < 1.29 is 4.79 Å². The first-order valence-corrected chi connectivity index (χ1v) is 8.95. The Kier molecular flexibility index (Phi) is 5.50. The van der Waals surface area contributed by atoms with E-state index in [1.165, 1.54) is 4.57 Å². The first-order chi connectivity index (χ1) is 13.0. The van der Waals surface area contributed by atoms with Crippen LogP contribution in [-0.4, -0.2) is 15.5 Å². The maximum Gasteiger partial charge on any atom is 0.256 e. The summed E-state index contributed by atoms with van der Waals surface area (Å²) in [6, 6.07) is 18.0. The van der Waals surface area contributed by atoms with E-state index in [9.17, 15) is 9.59 Å². The summed E-state index contributed by atoms with van der Waals surface area (Å²) in [4.78, 5) is 30.0. The van der Waals surface area contributed by atoms with Gasteiger partial charge >= 0.3 is 0 Å². The summed E-state index contributed by atoms with van der Waals surface area (Å²) in [5.74, 6) is 0.367. The van der Waals surface area contributed by atoms with Crippen LogP contribution < -0.4 is 10.9 Å². The standard InChI is InChI=1S/C22H23N3O2/c1-15(2)18-14-23-20(25(3)22(18)27)19(16-10-6-4-7-11-16)24-21(26)17-12-8-5-9-13-17/h4-15,19H,1-3H3,(H,24,26)/t19-/m0/s1. The lowest BCUT2D eigenvalue weighted by Gasteiger charge is -2.22. The first-order valence-electron chi connectivity index (χ1n) is 8.95. The molecule has 0 aliphatic heterocycles. The van der Waals surface area contributed by atoms with Crippen LogP contribution in [-0.2, 0) is 7.05 Å². The lowest BCUT2D eigenvalue weighted by Crippen LogP contribution is -2.35. The van der Waals surface area contributed by atoms with Crippen molar-refractivity contribution in [2.24, 2.45) is 7.05 Å². The molecule has 0 unspecified atom stereocenters.